The highest BCUT2D eigenvalue weighted by molar-refractivity contribution is 9.10. The maximum atomic E-state index is 7.46. The third-order valence-corrected chi connectivity index (χ3v) is 1.38. The number of halogens is 1. The number of pyridine rings is 1. The standard InChI is InChI=1S/C8H10BrNO2/c1-11-5-6-12-8-4-2-3-7(9)10-8/h2-4H,5-6H2,1H3/i1D3,5D2,6D2. The summed E-state index contributed by atoms with van der Waals surface area (Å²) in [6.07, 6.45) is 0. The van der Waals surface area contributed by atoms with E-state index in [9.17, 15) is 0 Å². The van der Waals surface area contributed by atoms with Gasteiger partial charge in [0.2, 0.25) is 5.88 Å². The topological polar surface area (TPSA) is 31.4 Å². The van der Waals surface area contributed by atoms with Crippen LogP contribution in [0.15, 0.2) is 22.8 Å². The molecule has 1 rings (SSSR count). The van der Waals surface area contributed by atoms with Gasteiger partial charge in [0.05, 0.1) is 16.2 Å². The summed E-state index contributed by atoms with van der Waals surface area (Å²) in [4.78, 5) is 3.76. The van der Waals surface area contributed by atoms with E-state index >= 15 is 0 Å². The zero-order valence-electron chi connectivity index (χ0n) is 12.9. The van der Waals surface area contributed by atoms with Gasteiger partial charge in [0, 0.05) is 13.1 Å². The Morgan fingerprint density at radius 1 is 1.67 bits per heavy atom. The van der Waals surface area contributed by atoms with Crippen molar-refractivity contribution in [3.8, 4) is 5.88 Å². The van der Waals surface area contributed by atoms with Crippen molar-refractivity contribution >= 4 is 15.9 Å². The molecule has 4 heteroatoms. The third-order valence-electron chi connectivity index (χ3n) is 0.938. The van der Waals surface area contributed by atoms with Gasteiger partial charge in [0.1, 0.15) is 11.2 Å². The number of methoxy groups -OCH3 is 1. The molecule has 0 atom stereocenters. The first kappa shape index (κ1) is 3.64. The highest BCUT2D eigenvalue weighted by Gasteiger charge is 1.94. The fourth-order valence-corrected chi connectivity index (χ4v) is 0.868. The third kappa shape index (κ3) is 3.19. The SMILES string of the molecule is [2H]C([2H])([2H])OC([2H])([2H])C([2H])([2H])Oc1cccc(Br)n1. The predicted molar refractivity (Wildman–Crippen MR) is 49.3 cm³/mol. The molecule has 0 aliphatic heterocycles. The zero-order valence-corrected chi connectivity index (χ0v) is 7.46. The average Bonchev–Trinajstić information content (AvgIpc) is 2.12. The minimum atomic E-state index is -3.18. The van der Waals surface area contributed by atoms with E-state index in [0.717, 1.165) is 0 Å². The highest BCUT2D eigenvalue weighted by atomic mass is 79.9. The van der Waals surface area contributed by atoms with Gasteiger partial charge >= 0.3 is 0 Å². The molecule has 0 amide bonds. The van der Waals surface area contributed by atoms with Gasteiger partial charge in [-0.1, -0.05) is 6.07 Å². The summed E-state index contributed by atoms with van der Waals surface area (Å²) < 4.78 is 59.2. The van der Waals surface area contributed by atoms with Crippen molar-refractivity contribution < 1.29 is 19.1 Å². The normalized spacial score (nSPS) is 21.9. The number of ether oxygens (including phenoxy) is 2. The molecule has 0 aromatic carbocycles. The fraction of sp³-hybridized carbons (Fsp3) is 0.375. The molecule has 0 bridgehead atoms. The van der Waals surface area contributed by atoms with Crippen molar-refractivity contribution in [2.75, 3.05) is 20.2 Å². The number of aromatic nitrogens is 1. The lowest BCUT2D eigenvalue weighted by Crippen LogP contribution is -2.05. The number of rotatable bonds is 4. The second-order valence-corrected chi connectivity index (χ2v) is 2.52. The Bertz CT molecular complexity index is 451. The summed E-state index contributed by atoms with van der Waals surface area (Å²) in [6.45, 7) is -6.21. The van der Waals surface area contributed by atoms with Crippen molar-refractivity contribution in [3.63, 3.8) is 0 Å². The van der Waals surface area contributed by atoms with E-state index in [1.165, 1.54) is 12.1 Å². The van der Waals surface area contributed by atoms with Crippen molar-refractivity contribution in [3.05, 3.63) is 22.8 Å². The summed E-state index contributed by atoms with van der Waals surface area (Å²) in [7, 11) is -3.09. The Morgan fingerprint density at radius 3 is 3.33 bits per heavy atom. The van der Waals surface area contributed by atoms with E-state index < -0.39 is 20.2 Å². The lowest BCUT2D eigenvalue weighted by molar-refractivity contribution is 0.143. The lowest BCUT2D eigenvalue weighted by Gasteiger charge is -2.03. The molecule has 1 heterocycles. The summed E-state index contributed by atoms with van der Waals surface area (Å²) >= 11 is 3.04. The fourth-order valence-electron chi connectivity index (χ4n) is 0.540. The summed E-state index contributed by atoms with van der Waals surface area (Å²) in [5.41, 5.74) is 0. The minimum Gasteiger partial charge on any atom is -0.475 e. The number of hydrogen-bond donors (Lipinski definition) is 0. The molecule has 1 aromatic rings. The van der Waals surface area contributed by atoms with Crippen LogP contribution in [-0.4, -0.2) is 25.1 Å². The first-order valence-corrected chi connectivity index (χ1v) is 3.74. The van der Waals surface area contributed by atoms with Crippen molar-refractivity contribution in [1.29, 1.82) is 0 Å². The van der Waals surface area contributed by atoms with Gasteiger partial charge in [-0.25, -0.2) is 4.98 Å². The number of nitrogens with zero attached hydrogens (tertiary/aromatic N) is 1. The maximum Gasteiger partial charge on any atom is 0.214 e. The van der Waals surface area contributed by atoms with E-state index in [1.54, 1.807) is 6.07 Å². The first-order valence-electron chi connectivity index (χ1n) is 6.45. The molecule has 12 heavy (non-hydrogen) atoms. The molecule has 0 aliphatic rings. The molecular weight excluding hydrogens is 222 g/mol. The van der Waals surface area contributed by atoms with Gasteiger partial charge in [0.15, 0.2) is 0 Å². The molecule has 0 unspecified atom stereocenters. The van der Waals surface area contributed by atoms with E-state index in [-0.39, 0.29) is 5.88 Å². The molecular formula is C8H10BrNO2. The molecule has 0 saturated heterocycles. The molecule has 0 aliphatic carbocycles. The van der Waals surface area contributed by atoms with Crippen LogP contribution >= 0.6 is 15.9 Å². The molecule has 66 valence electrons. The quantitative estimate of drug-likeness (QED) is 0.751. The van der Waals surface area contributed by atoms with Crippen LogP contribution in [0.3, 0.4) is 0 Å². The summed E-state index contributed by atoms with van der Waals surface area (Å²) in [5, 5.41) is 0. The highest BCUT2D eigenvalue weighted by Crippen LogP contribution is 2.11. The number of hydrogen-bond acceptors (Lipinski definition) is 3. The molecule has 1 aromatic heterocycles. The second kappa shape index (κ2) is 5.11. The van der Waals surface area contributed by atoms with Crippen LogP contribution in [0.5, 0.6) is 5.88 Å². The monoisotopic (exact) mass is 238 g/mol. The van der Waals surface area contributed by atoms with Gasteiger partial charge in [-0.15, -0.1) is 0 Å². The Labute approximate surface area is 89.7 Å². The Morgan fingerprint density at radius 2 is 2.58 bits per heavy atom. The minimum absolute atomic E-state index is 0.211. The van der Waals surface area contributed by atoms with Crippen molar-refractivity contribution in [1.82, 2.24) is 4.98 Å². The van der Waals surface area contributed by atoms with Gasteiger partial charge in [0.25, 0.3) is 0 Å². The van der Waals surface area contributed by atoms with Crippen molar-refractivity contribution in [2.24, 2.45) is 0 Å². The van der Waals surface area contributed by atoms with Gasteiger partial charge in [-0.3, -0.25) is 0 Å². The van der Waals surface area contributed by atoms with E-state index in [0.29, 0.717) is 4.60 Å². The van der Waals surface area contributed by atoms with Gasteiger partial charge in [-0.05, 0) is 22.0 Å². The van der Waals surface area contributed by atoms with Crippen LogP contribution in [0.2, 0.25) is 0 Å². The summed E-state index contributed by atoms with van der Waals surface area (Å²) in [5.74, 6) is -0.211. The maximum absolute atomic E-state index is 7.46. The molecule has 0 N–H and O–H groups in total. The van der Waals surface area contributed by atoms with Gasteiger partial charge < -0.3 is 9.47 Å². The Hall–Kier alpha value is -0.610. The predicted octanol–water partition coefficient (Wildman–Crippen LogP) is 1.87. The second-order valence-electron chi connectivity index (χ2n) is 1.71. The van der Waals surface area contributed by atoms with E-state index in [1.807, 2.05) is 0 Å². The average molecular weight is 239 g/mol. The van der Waals surface area contributed by atoms with Crippen LogP contribution in [0.25, 0.3) is 0 Å². The molecule has 0 radical (unpaired) electrons. The molecule has 0 saturated carbocycles. The largest absolute Gasteiger partial charge is 0.475 e. The van der Waals surface area contributed by atoms with Crippen LogP contribution in [-0.2, 0) is 4.74 Å². The van der Waals surface area contributed by atoms with Crippen LogP contribution in [0.4, 0.5) is 0 Å². The van der Waals surface area contributed by atoms with Crippen molar-refractivity contribution in [2.45, 2.75) is 0 Å². The van der Waals surface area contributed by atoms with Crippen LogP contribution in [0.1, 0.15) is 9.60 Å². The lowest BCUT2D eigenvalue weighted by atomic mass is 10.5. The Kier molecular flexibility index (Phi) is 1.55. The van der Waals surface area contributed by atoms with Crippen LogP contribution in [0, 0.1) is 0 Å². The van der Waals surface area contributed by atoms with E-state index in [2.05, 4.69) is 25.7 Å². The molecule has 3 nitrogen and oxygen atoms in total. The van der Waals surface area contributed by atoms with Crippen LogP contribution < -0.4 is 4.74 Å². The van der Waals surface area contributed by atoms with Gasteiger partial charge in [-0.2, -0.15) is 0 Å². The van der Waals surface area contributed by atoms with E-state index in [4.69, 9.17) is 14.3 Å². The zero-order chi connectivity index (χ0) is 14.9. The molecule has 0 fully saturated rings. The first-order chi connectivity index (χ1) is 8.43. The summed E-state index contributed by atoms with van der Waals surface area (Å²) in [6, 6.07) is 4.37. The smallest absolute Gasteiger partial charge is 0.214 e. The molecule has 0 spiro atoms. The Balaban J connectivity index is 2.91.